The van der Waals surface area contributed by atoms with Gasteiger partial charge in [0, 0.05) is 6.42 Å². The Morgan fingerprint density at radius 2 is 2.00 bits per heavy atom. The minimum Gasteiger partial charge on any atom is -0.391 e. The van der Waals surface area contributed by atoms with Crippen molar-refractivity contribution in [1.29, 1.82) is 0 Å². The highest BCUT2D eigenvalue weighted by Crippen LogP contribution is 2.18. The van der Waals surface area contributed by atoms with Crippen LogP contribution in [0.1, 0.15) is 52.4 Å². The van der Waals surface area contributed by atoms with Crippen molar-refractivity contribution in [2.75, 3.05) is 0 Å². The van der Waals surface area contributed by atoms with E-state index in [4.69, 9.17) is 0 Å². The molecule has 0 aromatic carbocycles. The lowest BCUT2D eigenvalue weighted by Gasteiger charge is -2.22. The normalized spacial score (nSPS) is 27.5. The third-order valence-corrected chi connectivity index (χ3v) is 2.92. The van der Waals surface area contributed by atoms with Crippen LogP contribution in [0.5, 0.6) is 0 Å². The first kappa shape index (κ1) is 12.5. The van der Waals surface area contributed by atoms with Crippen LogP contribution in [0, 0.1) is 5.92 Å². The Morgan fingerprint density at radius 3 is 2.67 bits per heavy atom. The molecule has 1 aliphatic rings. The maximum absolute atomic E-state index is 11.6. The topological polar surface area (TPSA) is 49.3 Å². The van der Waals surface area contributed by atoms with Crippen LogP contribution >= 0.6 is 0 Å². The molecule has 1 amide bonds. The zero-order valence-corrected chi connectivity index (χ0v) is 9.83. The molecule has 0 bridgehead atoms. The summed E-state index contributed by atoms with van der Waals surface area (Å²) in [4.78, 5) is 11.6. The van der Waals surface area contributed by atoms with Crippen molar-refractivity contribution in [1.82, 2.24) is 5.32 Å². The van der Waals surface area contributed by atoms with Gasteiger partial charge in [-0.15, -0.1) is 0 Å². The molecule has 1 fully saturated rings. The summed E-state index contributed by atoms with van der Waals surface area (Å²) in [6.07, 6.45) is 5.33. The van der Waals surface area contributed by atoms with Gasteiger partial charge < -0.3 is 10.4 Å². The number of hydrogen-bond donors (Lipinski definition) is 2. The van der Waals surface area contributed by atoms with E-state index in [9.17, 15) is 9.90 Å². The molecule has 0 aromatic rings. The summed E-state index contributed by atoms with van der Waals surface area (Å²) in [6.45, 7) is 4.06. The average Bonchev–Trinajstić information content (AvgIpc) is 2.30. The zero-order chi connectivity index (χ0) is 11.3. The van der Waals surface area contributed by atoms with E-state index in [2.05, 4.69) is 5.32 Å². The molecule has 0 saturated heterocycles. The lowest BCUT2D eigenvalue weighted by Crippen LogP contribution is -2.42. The smallest absolute Gasteiger partial charge is 0.220 e. The first-order valence-electron chi connectivity index (χ1n) is 6.07. The predicted molar refractivity (Wildman–Crippen MR) is 60.5 cm³/mol. The van der Waals surface area contributed by atoms with E-state index in [1.807, 2.05) is 13.8 Å². The molecule has 1 saturated carbocycles. The van der Waals surface area contributed by atoms with Crippen LogP contribution in [0.3, 0.4) is 0 Å². The summed E-state index contributed by atoms with van der Waals surface area (Å²) >= 11 is 0. The number of hydrogen-bond acceptors (Lipinski definition) is 2. The second-order valence-corrected chi connectivity index (χ2v) is 4.98. The first-order chi connectivity index (χ1) is 7.09. The molecule has 0 radical (unpaired) electrons. The predicted octanol–water partition coefficient (Wildman–Crippen LogP) is 1.84. The molecule has 0 aliphatic heterocycles. The van der Waals surface area contributed by atoms with Gasteiger partial charge in [-0.25, -0.2) is 0 Å². The lowest BCUT2D eigenvalue weighted by atomic mass is 10.0. The molecule has 0 aromatic heterocycles. The molecule has 2 atom stereocenters. The van der Waals surface area contributed by atoms with Crippen molar-refractivity contribution < 1.29 is 9.90 Å². The molecule has 2 N–H and O–H groups in total. The molecule has 15 heavy (non-hydrogen) atoms. The monoisotopic (exact) mass is 213 g/mol. The Kier molecular flexibility index (Phi) is 5.09. The van der Waals surface area contributed by atoms with Crippen molar-refractivity contribution in [3.8, 4) is 0 Å². The minimum absolute atomic E-state index is 0.0150. The van der Waals surface area contributed by atoms with Gasteiger partial charge in [0.25, 0.3) is 0 Å². The fourth-order valence-corrected chi connectivity index (χ4v) is 2.09. The Morgan fingerprint density at radius 1 is 1.33 bits per heavy atom. The molecular formula is C12H23NO2. The summed E-state index contributed by atoms with van der Waals surface area (Å²) in [7, 11) is 0. The van der Waals surface area contributed by atoms with Gasteiger partial charge in [-0.05, 0) is 18.8 Å². The zero-order valence-electron chi connectivity index (χ0n) is 9.83. The van der Waals surface area contributed by atoms with Gasteiger partial charge in [0.15, 0.2) is 0 Å². The summed E-state index contributed by atoms with van der Waals surface area (Å²) in [5, 5.41) is 12.8. The standard InChI is InChI=1S/C12H23NO2/c1-9(2)8-12(15)13-10-6-4-3-5-7-11(10)14/h9-11,14H,3-8H2,1-2H3,(H,13,15). The van der Waals surface area contributed by atoms with E-state index in [1.54, 1.807) is 0 Å². The van der Waals surface area contributed by atoms with Gasteiger partial charge in [-0.3, -0.25) is 4.79 Å². The van der Waals surface area contributed by atoms with Crippen molar-refractivity contribution in [3.63, 3.8) is 0 Å². The van der Waals surface area contributed by atoms with Crippen molar-refractivity contribution in [2.24, 2.45) is 5.92 Å². The SMILES string of the molecule is CC(C)CC(=O)NC1CCCCCC1O. The molecule has 88 valence electrons. The molecule has 1 aliphatic carbocycles. The maximum Gasteiger partial charge on any atom is 0.220 e. The fraction of sp³-hybridized carbons (Fsp3) is 0.917. The number of aliphatic hydroxyl groups is 1. The lowest BCUT2D eigenvalue weighted by molar-refractivity contribution is -0.123. The van der Waals surface area contributed by atoms with Crippen LogP contribution < -0.4 is 5.32 Å². The average molecular weight is 213 g/mol. The number of carbonyl (C=O) groups is 1. The van der Waals surface area contributed by atoms with E-state index < -0.39 is 0 Å². The molecule has 1 rings (SSSR count). The van der Waals surface area contributed by atoms with Crippen molar-refractivity contribution >= 4 is 5.91 Å². The van der Waals surface area contributed by atoms with Gasteiger partial charge in [0.1, 0.15) is 0 Å². The van der Waals surface area contributed by atoms with Crippen molar-refractivity contribution in [3.05, 3.63) is 0 Å². The summed E-state index contributed by atoms with van der Waals surface area (Å²) in [6, 6.07) is -0.0150. The van der Waals surface area contributed by atoms with Gasteiger partial charge in [0.05, 0.1) is 12.1 Å². The number of aliphatic hydroxyl groups excluding tert-OH is 1. The number of carbonyl (C=O) groups excluding carboxylic acids is 1. The van der Waals surface area contributed by atoms with Gasteiger partial charge in [-0.2, -0.15) is 0 Å². The quantitative estimate of drug-likeness (QED) is 0.703. The molecule has 3 heteroatoms. The molecular weight excluding hydrogens is 190 g/mol. The summed E-state index contributed by atoms with van der Waals surface area (Å²) in [5.41, 5.74) is 0. The van der Waals surface area contributed by atoms with E-state index in [0.717, 1.165) is 25.7 Å². The second kappa shape index (κ2) is 6.11. The van der Waals surface area contributed by atoms with Crippen LogP contribution in [0.4, 0.5) is 0 Å². The number of rotatable bonds is 3. The van der Waals surface area contributed by atoms with Gasteiger partial charge in [0.2, 0.25) is 5.91 Å². The van der Waals surface area contributed by atoms with Crippen LogP contribution in [-0.4, -0.2) is 23.2 Å². The third kappa shape index (κ3) is 4.65. The Bertz CT molecular complexity index is 204. The Hall–Kier alpha value is -0.570. The highest BCUT2D eigenvalue weighted by Gasteiger charge is 2.23. The third-order valence-electron chi connectivity index (χ3n) is 2.92. The highest BCUT2D eigenvalue weighted by molar-refractivity contribution is 5.76. The molecule has 3 nitrogen and oxygen atoms in total. The first-order valence-corrected chi connectivity index (χ1v) is 6.07. The van der Waals surface area contributed by atoms with E-state index in [1.165, 1.54) is 6.42 Å². The molecule has 0 heterocycles. The Labute approximate surface area is 92.3 Å². The molecule has 0 spiro atoms. The van der Waals surface area contributed by atoms with Crippen molar-refractivity contribution in [2.45, 2.75) is 64.5 Å². The van der Waals surface area contributed by atoms with E-state index >= 15 is 0 Å². The highest BCUT2D eigenvalue weighted by atomic mass is 16.3. The molecule has 2 unspecified atom stereocenters. The van der Waals surface area contributed by atoms with E-state index in [-0.39, 0.29) is 18.1 Å². The number of amides is 1. The van der Waals surface area contributed by atoms with Crippen LogP contribution in [0.15, 0.2) is 0 Å². The maximum atomic E-state index is 11.6. The second-order valence-electron chi connectivity index (χ2n) is 4.98. The van der Waals surface area contributed by atoms with Crippen LogP contribution in [0.25, 0.3) is 0 Å². The number of nitrogens with one attached hydrogen (secondary N) is 1. The van der Waals surface area contributed by atoms with Crippen LogP contribution in [0.2, 0.25) is 0 Å². The summed E-state index contributed by atoms with van der Waals surface area (Å²) in [5.74, 6) is 0.462. The Balaban J connectivity index is 2.37. The fourth-order valence-electron chi connectivity index (χ4n) is 2.09. The van der Waals surface area contributed by atoms with Crippen LogP contribution in [-0.2, 0) is 4.79 Å². The minimum atomic E-state index is -0.344. The largest absolute Gasteiger partial charge is 0.391 e. The van der Waals surface area contributed by atoms with E-state index in [0.29, 0.717) is 12.3 Å². The summed E-state index contributed by atoms with van der Waals surface area (Å²) < 4.78 is 0. The van der Waals surface area contributed by atoms with Gasteiger partial charge in [-0.1, -0.05) is 33.1 Å². The van der Waals surface area contributed by atoms with Gasteiger partial charge >= 0.3 is 0 Å².